The number of rotatable bonds is 10. The van der Waals surface area contributed by atoms with Gasteiger partial charge in [-0.2, -0.15) is 4.98 Å². The molecule has 3 aromatic rings. The van der Waals surface area contributed by atoms with Gasteiger partial charge in [-0.3, -0.25) is 19.4 Å². The SMILES string of the molecule is CCc1cc(C(=O)NC(CCC(=O)O)C(=O)O)ccc1NCc1cnc2nc(N)[nH]c(=O)c2n1. The molecule has 0 aliphatic heterocycles. The van der Waals surface area contributed by atoms with Crippen LogP contribution in [-0.2, 0) is 22.6 Å². The van der Waals surface area contributed by atoms with E-state index in [-0.39, 0.29) is 42.1 Å². The summed E-state index contributed by atoms with van der Waals surface area (Å²) < 4.78 is 0. The normalized spacial score (nSPS) is 11.7. The van der Waals surface area contributed by atoms with E-state index < -0.39 is 29.4 Å². The molecule has 0 fully saturated rings. The number of H-pyrrole nitrogens is 1. The number of nitrogens with one attached hydrogen (secondary N) is 3. The van der Waals surface area contributed by atoms with Crippen molar-refractivity contribution >= 4 is 40.6 Å². The van der Waals surface area contributed by atoms with Crippen molar-refractivity contribution < 1.29 is 24.6 Å². The Kier molecular flexibility index (Phi) is 7.36. The van der Waals surface area contributed by atoms with E-state index in [9.17, 15) is 24.3 Å². The van der Waals surface area contributed by atoms with E-state index in [4.69, 9.17) is 10.8 Å². The monoisotopic (exact) mass is 469 g/mol. The number of hydrogen-bond acceptors (Lipinski definition) is 9. The molecular formula is C21H23N7O6. The van der Waals surface area contributed by atoms with Crippen LogP contribution in [0.2, 0.25) is 0 Å². The van der Waals surface area contributed by atoms with Crippen molar-refractivity contribution in [1.29, 1.82) is 0 Å². The number of amides is 1. The van der Waals surface area contributed by atoms with Gasteiger partial charge in [0.15, 0.2) is 11.2 Å². The van der Waals surface area contributed by atoms with E-state index >= 15 is 0 Å². The first-order valence-electron chi connectivity index (χ1n) is 10.3. The number of nitrogens with zero attached hydrogens (tertiary/aromatic N) is 3. The zero-order chi connectivity index (χ0) is 24.8. The molecule has 0 radical (unpaired) electrons. The molecule has 0 saturated heterocycles. The minimum atomic E-state index is -1.31. The summed E-state index contributed by atoms with van der Waals surface area (Å²) in [5, 5.41) is 23.5. The minimum absolute atomic E-state index is 0.0500. The fourth-order valence-corrected chi connectivity index (χ4v) is 3.21. The van der Waals surface area contributed by atoms with E-state index in [2.05, 4.69) is 30.6 Å². The predicted octanol–water partition coefficient (Wildman–Crippen LogP) is 0.518. The molecule has 3 rings (SSSR count). The Labute approximate surface area is 192 Å². The van der Waals surface area contributed by atoms with Gasteiger partial charge in [0.1, 0.15) is 6.04 Å². The number of aliphatic carboxylic acids is 2. The van der Waals surface area contributed by atoms with Gasteiger partial charge in [0.2, 0.25) is 5.95 Å². The summed E-state index contributed by atoms with van der Waals surface area (Å²) in [4.78, 5) is 61.3. The molecule has 1 atom stereocenters. The molecule has 178 valence electrons. The van der Waals surface area contributed by atoms with Gasteiger partial charge in [0.25, 0.3) is 11.5 Å². The fraction of sp³-hybridized carbons (Fsp3) is 0.286. The summed E-state index contributed by atoms with van der Waals surface area (Å²) in [5.41, 5.74) is 7.43. The lowest BCUT2D eigenvalue weighted by Crippen LogP contribution is -2.41. The van der Waals surface area contributed by atoms with E-state index in [0.717, 1.165) is 5.56 Å². The van der Waals surface area contributed by atoms with Gasteiger partial charge in [-0.15, -0.1) is 0 Å². The average molecular weight is 469 g/mol. The van der Waals surface area contributed by atoms with Gasteiger partial charge < -0.3 is 26.6 Å². The summed E-state index contributed by atoms with van der Waals surface area (Å²) in [5.74, 6) is -3.13. The smallest absolute Gasteiger partial charge is 0.326 e. The van der Waals surface area contributed by atoms with Crippen LogP contribution in [0.25, 0.3) is 11.2 Å². The van der Waals surface area contributed by atoms with Gasteiger partial charge in [0.05, 0.1) is 18.4 Å². The second-order valence-corrected chi connectivity index (χ2v) is 7.36. The highest BCUT2D eigenvalue weighted by Crippen LogP contribution is 2.20. The molecule has 0 aliphatic carbocycles. The van der Waals surface area contributed by atoms with Crippen LogP contribution in [-0.4, -0.2) is 54.0 Å². The third-order valence-electron chi connectivity index (χ3n) is 4.94. The Hall–Kier alpha value is -4.55. The Bertz CT molecular complexity index is 1310. The van der Waals surface area contributed by atoms with Gasteiger partial charge in [-0.25, -0.2) is 14.8 Å². The van der Waals surface area contributed by atoms with Crippen molar-refractivity contribution in [3.8, 4) is 0 Å². The number of aryl methyl sites for hydroxylation is 1. The van der Waals surface area contributed by atoms with Crippen molar-refractivity contribution in [2.24, 2.45) is 0 Å². The maximum Gasteiger partial charge on any atom is 0.326 e. The number of carbonyl (C=O) groups excluding carboxylic acids is 1. The molecule has 2 aromatic heterocycles. The van der Waals surface area contributed by atoms with Gasteiger partial charge in [-0.1, -0.05) is 6.92 Å². The van der Waals surface area contributed by atoms with Gasteiger partial charge in [0, 0.05) is 17.7 Å². The lowest BCUT2D eigenvalue weighted by molar-refractivity contribution is -0.140. The van der Waals surface area contributed by atoms with Gasteiger partial charge >= 0.3 is 11.9 Å². The second-order valence-electron chi connectivity index (χ2n) is 7.36. The molecule has 0 bridgehead atoms. The molecule has 0 aliphatic rings. The maximum atomic E-state index is 12.5. The highest BCUT2D eigenvalue weighted by molar-refractivity contribution is 5.97. The van der Waals surface area contributed by atoms with E-state index in [1.807, 2.05) is 6.92 Å². The Morgan fingerprint density at radius 1 is 1.21 bits per heavy atom. The summed E-state index contributed by atoms with van der Waals surface area (Å²) in [7, 11) is 0. The summed E-state index contributed by atoms with van der Waals surface area (Å²) in [6.07, 6.45) is 1.43. The zero-order valence-electron chi connectivity index (χ0n) is 18.2. The standard InChI is InChI=1S/C21H23N7O6/c1-2-10-7-11(18(31)26-14(20(33)34)5-6-15(29)30)3-4-13(10)23-8-12-9-24-17-16(25-12)19(32)28-21(22)27-17/h3-4,7,9,14,23H,2,5-6,8H2,1H3,(H,26,31)(H,29,30)(H,33,34)(H3,22,24,27,28,32). The maximum absolute atomic E-state index is 12.5. The van der Waals surface area contributed by atoms with Gasteiger partial charge in [-0.05, 0) is 36.6 Å². The topological polar surface area (TPSA) is 213 Å². The van der Waals surface area contributed by atoms with Crippen LogP contribution in [0.5, 0.6) is 0 Å². The number of nitrogen functional groups attached to an aromatic ring is 1. The summed E-state index contributed by atoms with van der Waals surface area (Å²) in [6.45, 7) is 2.13. The molecule has 1 unspecified atom stereocenters. The number of fused-ring (bicyclic) bond motifs is 1. The van der Waals surface area contributed by atoms with Crippen LogP contribution < -0.4 is 21.9 Å². The fourth-order valence-electron chi connectivity index (χ4n) is 3.21. The predicted molar refractivity (Wildman–Crippen MR) is 121 cm³/mol. The highest BCUT2D eigenvalue weighted by Gasteiger charge is 2.22. The molecule has 1 amide bonds. The molecule has 1 aromatic carbocycles. The number of anilines is 2. The Morgan fingerprint density at radius 3 is 2.65 bits per heavy atom. The van der Waals surface area contributed by atoms with Crippen molar-refractivity contribution in [3.63, 3.8) is 0 Å². The zero-order valence-corrected chi connectivity index (χ0v) is 18.2. The first-order chi connectivity index (χ1) is 16.2. The van der Waals surface area contributed by atoms with E-state index in [0.29, 0.717) is 17.8 Å². The number of aromatic nitrogens is 4. The summed E-state index contributed by atoms with van der Waals surface area (Å²) in [6, 6.07) is 3.50. The minimum Gasteiger partial charge on any atom is -0.481 e. The van der Waals surface area contributed by atoms with Crippen LogP contribution >= 0.6 is 0 Å². The molecule has 0 spiro atoms. The molecule has 2 heterocycles. The number of carbonyl (C=O) groups is 3. The van der Waals surface area contributed by atoms with Crippen molar-refractivity contribution in [3.05, 3.63) is 51.6 Å². The Balaban J connectivity index is 1.73. The van der Waals surface area contributed by atoms with Crippen LogP contribution in [0.1, 0.15) is 41.4 Å². The van der Waals surface area contributed by atoms with Crippen LogP contribution in [0.4, 0.5) is 11.6 Å². The molecule has 0 saturated carbocycles. The highest BCUT2D eigenvalue weighted by atomic mass is 16.4. The second kappa shape index (κ2) is 10.4. The van der Waals surface area contributed by atoms with Crippen LogP contribution in [0.15, 0.2) is 29.2 Å². The van der Waals surface area contributed by atoms with Crippen molar-refractivity contribution in [2.45, 2.75) is 38.8 Å². The lowest BCUT2D eigenvalue weighted by Gasteiger charge is -2.16. The number of nitrogens with two attached hydrogens (primary N) is 1. The molecular weight excluding hydrogens is 446 g/mol. The molecule has 34 heavy (non-hydrogen) atoms. The first-order valence-corrected chi connectivity index (χ1v) is 10.3. The largest absolute Gasteiger partial charge is 0.481 e. The third-order valence-corrected chi connectivity index (χ3v) is 4.94. The number of carboxylic acids is 2. The molecule has 7 N–H and O–H groups in total. The molecule has 13 heteroatoms. The molecule has 13 nitrogen and oxygen atoms in total. The quantitative estimate of drug-likeness (QED) is 0.241. The number of hydrogen-bond donors (Lipinski definition) is 6. The van der Waals surface area contributed by atoms with Crippen molar-refractivity contribution in [2.75, 3.05) is 11.1 Å². The first kappa shape index (κ1) is 24.1. The number of carboxylic acid groups (broad SMARTS) is 2. The van der Waals surface area contributed by atoms with Crippen LogP contribution in [0.3, 0.4) is 0 Å². The average Bonchev–Trinajstić information content (AvgIpc) is 2.79. The van der Waals surface area contributed by atoms with Crippen molar-refractivity contribution in [1.82, 2.24) is 25.3 Å². The number of aromatic amines is 1. The third kappa shape index (κ3) is 5.82. The number of benzene rings is 1. The van der Waals surface area contributed by atoms with E-state index in [1.165, 1.54) is 12.3 Å². The van der Waals surface area contributed by atoms with E-state index in [1.54, 1.807) is 12.1 Å². The Morgan fingerprint density at radius 2 is 1.97 bits per heavy atom. The summed E-state index contributed by atoms with van der Waals surface area (Å²) >= 11 is 0. The lowest BCUT2D eigenvalue weighted by atomic mass is 10.0. The van der Waals surface area contributed by atoms with Crippen LogP contribution in [0, 0.1) is 0 Å².